The van der Waals surface area contributed by atoms with Gasteiger partial charge in [0.15, 0.2) is 5.78 Å². The molecule has 184 valence electrons. The van der Waals surface area contributed by atoms with Crippen LogP contribution in [0.25, 0.3) is 0 Å². The summed E-state index contributed by atoms with van der Waals surface area (Å²) in [5.74, 6) is -0.0384. The minimum absolute atomic E-state index is 0.0483. The van der Waals surface area contributed by atoms with E-state index in [1.807, 2.05) is 12.1 Å². The molecule has 0 bridgehead atoms. The van der Waals surface area contributed by atoms with Crippen LogP contribution >= 0.6 is 11.6 Å². The van der Waals surface area contributed by atoms with Crippen LogP contribution in [-0.2, 0) is 11.2 Å². The number of rotatable bonds is 8. The van der Waals surface area contributed by atoms with E-state index in [1.54, 1.807) is 69.3 Å². The average molecular weight is 496 g/mol. The van der Waals surface area contributed by atoms with Crippen molar-refractivity contribution in [3.8, 4) is 5.75 Å². The molecule has 6 nitrogen and oxygen atoms in total. The summed E-state index contributed by atoms with van der Waals surface area (Å²) in [6.07, 6.45) is -0.931. The molecule has 0 saturated heterocycles. The van der Waals surface area contributed by atoms with Crippen molar-refractivity contribution >= 4 is 23.5 Å². The van der Waals surface area contributed by atoms with Crippen molar-refractivity contribution in [2.24, 2.45) is 0 Å². The molecule has 7 heteroatoms. The first-order valence-corrected chi connectivity index (χ1v) is 11.7. The van der Waals surface area contributed by atoms with Crippen LogP contribution in [0.5, 0.6) is 5.75 Å². The Morgan fingerprint density at radius 2 is 1.57 bits per heavy atom. The molecule has 0 aliphatic carbocycles. The van der Waals surface area contributed by atoms with E-state index in [0.29, 0.717) is 34.7 Å². The van der Waals surface area contributed by atoms with Crippen LogP contribution in [0.3, 0.4) is 0 Å². The van der Waals surface area contributed by atoms with Gasteiger partial charge in [-0.25, -0.2) is 4.79 Å². The second kappa shape index (κ2) is 11.4. The topological polar surface area (TPSA) is 87.1 Å². The van der Waals surface area contributed by atoms with Gasteiger partial charge in [0.2, 0.25) is 0 Å². The zero-order valence-electron chi connectivity index (χ0n) is 20.1. The van der Waals surface area contributed by atoms with E-state index < -0.39 is 17.8 Å². The Kier molecular flexibility index (Phi) is 8.54. The monoisotopic (exact) mass is 495 g/mol. The van der Waals surface area contributed by atoms with Gasteiger partial charge in [0.25, 0.3) is 0 Å². The van der Waals surface area contributed by atoms with Crippen molar-refractivity contribution in [3.05, 3.63) is 100 Å². The number of aromatic hydroxyl groups is 1. The third kappa shape index (κ3) is 7.84. The number of aliphatic hydroxyl groups is 1. The molecule has 0 aromatic heterocycles. The highest BCUT2D eigenvalue weighted by atomic mass is 35.5. The van der Waals surface area contributed by atoms with Gasteiger partial charge in [-0.3, -0.25) is 4.79 Å². The molecular formula is C28H30ClNO5. The number of carbonyl (C=O) groups excluding carboxylic acids is 2. The first-order chi connectivity index (χ1) is 16.5. The molecule has 3 aromatic carbocycles. The Labute approximate surface area is 210 Å². The van der Waals surface area contributed by atoms with Crippen LogP contribution in [0.15, 0.2) is 72.8 Å². The maximum Gasteiger partial charge on any atom is 0.410 e. The lowest BCUT2D eigenvalue weighted by molar-refractivity contribution is 0.0147. The molecule has 1 amide bonds. The first kappa shape index (κ1) is 26.3. The fourth-order valence-electron chi connectivity index (χ4n) is 3.48. The molecule has 3 aromatic rings. The van der Waals surface area contributed by atoms with Crippen molar-refractivity contribution < 1.29 is 24.5 Å². The zero-order valence-corrected chi connectivity index (χ0v) is 20.8. The van der Waals surface area contributed by atoms with Gasteiger partial charge in [-0.05, 0) is 74.7 Å². The van der Waals surface area contributed by atoms with Crippen LogP contribution in [0.1, 0.15) is 53.9 Å². The number of phenolic OH excluding ortho intramolecular Hbond substituents is 1. The number of hydrogen-bond donors (Lipinski definition) is 2. The van der Waals surface area contributed by atoms with Crippen molar-refractivity contribution in [2.45, 2.75) is 38.9 Å². The van der Waals surface area contributed by atoms with Gasteiger partial charge in [0.05, 0.1) is 12.6 Å². The molecule has 35 heavy (non-hydrogen) atoms. The molecular weight excluding hydrogens is 466 g/mol. The maximum absolute atomic E-state index is 12.8. The highest BCUT2D eigenvalue weighted by Crippen LogP contribution is 2.21. The van der Waals surface area contributed by atoms with Gasteiger partial charge in [0.1, 0.15) is 11.4 Å². The fraction of sp³-hybridized carbons (Fsp3) is 0.286. The second-order valence-electron chi connectivity index (χ2n) is 9.32. The quantitative estimate of drug-likeness (QED) is 0.386. The van der Waals surface area contributed by atoms with Gasteiger partial charge in [-0.2, -0.15) is 0 Å². The Morgan fingerprint density at radius 1 is 0.971 bits per heavy atom. The van der Waals surface area contributed by atoms with Gasteiger partial charge < -0.3 is 19.8 Å². The third-order valence-corrected chi connectivity index (χ3v) is 5.53. The number of amides is 1. The van der Waals surface area contributed by atoms with E-state index >= 15 is 0 Å². The zero-order chi connectivity index (χ0) is 25.6. The summed E-state index contributed by atoms with van der Waals surface area (Å²) >= 11 is 6.05. The van der Waals surface area contributed by atoms with Crippen molar-refractivity contribution in [2.75, 3.05) is 13.1 Å². The standard InChI is InChI=1S/C28H30ClNO5/c1-28(2,3)35-27(34)30(18-25(32)22-5-4-6-23(29)17-22)16-15-19-7-9-20(10-8-19)26(33)21-11-13-24(31)14-12-21/h4-14,17,25,31-32H,15-16,18H2,1-3H3. The predicted molar refractivity (Wildman–Crippen MR) is 136 cm³/mol. The Morgan fingerprint density at radius 3 is 2.14 bits per heavy atom. The normalized spacial score (nSPS) is 12.1. The second-order valence-corrected chi connectivity index (χ2v) is 9.76. The molecule has 0 spiro atoms. The lowest BCUT2D eigenvalue weighted by Crippen LogP contribution is -2.40. The molecule has 2 N–H and O–H groups in total. The van der Waals surface area contributed by atoms with Gasteiger partial charge in [-0.1, -0.05) is 48.0 Å². The van der Waals surface area contributed by atoms with Crippen molar-refractivity contribution in [1.29, 1.82) is 0 Å². The lowest BCUT2D eigenvalue weighted by atomic mass is 10.0. The Bertz CT molecular complexity index is 1150. The highest BCUT2D eigenvalue weighted by molar-refractivity contribution is 6.30. The van der Waals surface area contributed by atoms with Crippen LogP contribution < -0.4 is 0 Å². The van der Waals surface area contributed by atoms with E-state index in [1.165, 1.54) is 17.0 Å². The summed E-state index contributed by atoms with van der Waals surface area (Å²) < 4.78 is 5.54. The number of benzene rings is 3. The summed E-state index contributed by atoms with van der Waals surface area (Å²) in [6, 6.07) is 20.2. The summed E-state index contributed by atoms with van der Waals surface area (Å²) in [6.45, 7) is 5.74. The Balaban J connectivity index is 1.69. The number of ether oxygens (including phenoxy) is 1. The summed E-state index contributed by atoms with van der Waals surface area (Å²) in [7, 11) is 0. The van der Waals surface area contributed by atoms with Gasteiger partial charge in [0, 0.05) is 22.7 Å². The molecule has 3 rings (SSSR count). The molecule has 0 saturated carbocycles. The third-order valence-electron chi connectivity index (χ3n) is 5.29. The number of nitrogens with zero attached hydrogens (tertiary/aromatic N) is 1. The van der Waals surface area contributed by atoms with Crippen LogP contribution in [0.2, 0.25) is 5.02 Å². The van der Waals surface area contributed by atoms with Crippen LogP contribution in [0.4, 0.5) is 4.79 Å². The molecule has 0 radical (unpaired) electrons. The molecule has 1 atom stereocenters. The minimum Gasteiger partial charge on any atom is -0.508 e. The summed E-state index contributed by atoms with van der Waals surface area (Å²) in [5, 5.41) is 20.6. The largest absolute Gasteiger partial charge is 0.508 e. The molecule has 0 heterocycles. The van der Waals surface area contributed by atoms with E-state index in [9.17, 15) is 19.8 Å². The van der Waals surface area contributed by atoms with Crippen LogP contribution in [0, 0.1) is 0 Å². The molecule has 0 fully saturated rings. The maximum atomic E-state index is 12.8. The average Bonchev–Trinajstić information content (AvgIpc) is 2.81. The number of ketones is 1. The predicted octanol–water partition coefficient (Wildman–Crippen LogP) is 5.79. The Hall–Kier alpha value is -3.35. The summed E-state index contributed by atoms with van der Waals surface area (Å²) in [4.78, 5) is 27.0. The summed E-state index contributed by atoms with van der Waals surface area (Å²) in [5.41, 5.74) is 1.88. The van der Waals surface area contributed by atoms with E-state index in [-0.39, 0.29) is 18.1 Å². The number of aliphatic hydroxyl groups excluding tert-OH is 1. The van der Waals surface area contributed by atoms with Crippen molar-refractivity contribution in [1.82, 2.24) is 4.90 Å². The number of phenols is 1. The lowest BCUT2D eigenvalue weighted by Gasteiger charge is -2.29. The minimum atomic E-state index is -0.925. The number of carbonyl (C=O) groups is 2. The SMILES string of the molecule is CC(C)(C)OC(=O)N(CCc1ccc(C(=O)c2ccc(O)cc2)cc1)CC(O)c1cccc(Cl)c1. The number of halogens is 1. The smallest absolute Gasteiger partial charge is 0.410 e. The van der Waals surface area contributed by atoms with E-state index in [0.717, 1.165) is 5.56 Å². The van der Waals surface area contributed by atoms with E-state index in [4.69, 9.17) is 16.3 Å². The molecule has 0 aliphatic rings. The van der Waals surface area contributed by atoms with Crippen molar-refractivity contribution in [3.63, 3.8) is 0 Å². The van der Waals surface area contributed by atoms with Gasteiger partial charge >= 0.3 is 6.09 Å². The van der Waals surface area contributed by atoms with Gasteiger partial charge in [-0.15, -0.1) is 0 Å². The molecule has 1 unspecified atom stereocenters. The highest BCUT2D eigenvalue weighted by Gasteiger charge is 2.24. The van der Waals surface area contributed by atoms with Crippen LogP contribution in [-0.4, -0.2) is 45.7 Å². The molecule has 0 aliphatic heterocycles. The van der Waals surface area contributed by atoms with E-state index in [2.05, 4.69) is 0 Å². The first-order valence-electron chi connectivity index (χ1n) is 11.4. The number of hydrogen-bond acceptors (Lipinski definition) is 5. The fourth-order valence-corrected chi connectivity index (χ4v) is 3.68.